The van der Waals surface area contributed by atoms with Crippen molar-refractivity contribution in [3.63, 3.8) is 0 Å². The predicted octanol–water partition coefficient (Wildman–Crippen LogP) is 6.19. The molecule has 3 nitrogen and oxygen atoms in total. The van der Waals surface area contributed by atoms with E-state index in [1.54, 1.807) is 36.4 Å². The minimum absolute atomic E-state index is 0.0531. The van der Waals surface area contributed by atoms with Crippen LogP contribution in [0.3, 0.4) is 0 Å². The largest absolute Gasteiger partial charge is 0.487 e. The van der Waals surface area contributed by atoms with Gasteiger partial charge in [-0.05, 0) is 48.0 Å². The van der Waals surface area contributed by atoms with E-state index < -0.39 is 11.7 Å². The van der Waals surface area contributed by atoms with Gasteiger partial charge in [0.2, 0.25) is 0 Å². The van der Waals surface area contributed by atoms with Crippen LogP contribution in [0, 0.1) is 0 Å². The highest BCUT2D eigenvalue weighted by Gasteiger charge is 2.31. The van der Waals surface area contributed by atoms with Gasteiger partial charge in [0.25, 0.3) is 5.91 Å². The highest BCUT2D eigenvalue weighted by Crippen LogP contribution is 2.34. The number of benzene rings is 3. The minimum atomic E-state index is -4.47. The van der Waals surface area contributed by atoms with E-state index in [0.29, 0.717) is 16.8 Å². The summed E-state index contributed by atoms with van der Waals surface area (Å²) in [7, 11) is 0. The highest BCUT2D eigenvalue weighted by atomic mass is 35.5. The Balaban J connectivity index is 1.67. The molecule has 3 rings (SSSR count). The quantitative estimate of drug-likeness (QED) is 0.549. The summed E-state index contributed by atoms with van der Waals surface area (Å²) in [5.74, 6) is -0.144. The zero-order valence-electron chi connectivity index (χ0n) is 14.5. The Hall–Kier alpha value is -2.99. The molecule has 28 heavy (non-hydrogen) atoms. The number of anilines is 1. The smallest absolute Gasteiger partial charge is 0.416 e. The van der Waals surface area contributed by atoms with E-state index in [-0.39, 0.29) is 23.3 Å². The number of halogens is 4. The van der Waals surface area contributed by atoms with Crippen molar-refractivity contribution in [2.24, 2.45) is 0 Å². The molecule has 0 saturated heterocycles. The van der Waals surface area contributed by atoms with E-state index in [4.69, 9.17) is 16.3 Å². The standard InChI is InChI=1S/C21H15ClF3NO2/c22-18-12-16(21(23,24)25)9-10-19(18)28-13-14-5-4-6-15(11-14)20(27)26-17-7-2-1-3-8-17/h1-12H,13H2,(H,26,27). The van der Waals surface area contributed by atoms with Gasteiger partial charge in [-0.15, -0.1) is 0 Å². The van der Waals surface area contributed by atoms with Crippen LogP contribution < -0.4 is 10.1 Å². The Morgan fingerprint density at radius 3 is 2.39 bits per heavy atom. The number of para-hydroxylation sites is 1. The van der Waals surface area contributed by atoms with Crippen LogP contribution in [0.1, 0.15) is 21.5 Å². The molecule has 0 aromatic heterocycles. The lowest BCUT2D eigenvalue weighted by molar-refractivity contribution is -0.137. The molecule has 3 aromatic carbocycles. The molecule has 3 aromatic rings. The number of carbonyl (C=O) groups is 1. The predicted molar refractivity (Wildman–Crippen MR) is 102 cm³/mol. The van der Waals surface area contributed by atoms with Gasteiger partial charge in [0.15, 0.2) is 0 Å². The average Bonchev–Trinajstić information content (AvgIpc) is 2.67. The molecule has 7 heteroatoms. The molecule has 0 unspecified atom stereocenters. The SMILES string of the molecule is O=C(Nc1ccccc1)c1cccc(COc2ccc(C(F)(F)F)cc2Cl)c1. The molecule has 1 amide bonds. The third-order valence-corrected chi connectivity index (χ3v) is 4.17. The van der Waals surface area contributed by atoms with Gasteiger partial charge in [-0.25, -0.2) is 0 Å². The number of nitrogens with one attached hydrogen (secondary N) is 1. The average molecular weight is 406 g/mol. The lowest BCUT2D eigenvalue weighted by Crippen LogP contribution is -2.12. The van der Waals surface area contributed by atoms with Crippen molar-refractivity contribution in [3.05, 3.63) is 94.5 Å². The molecule has 0 spiro atoms. The van der Waals surface area contributed by atoms with Crippen molar-refractivity contribution >= 4 is 23.2 Å². The van der Waals surface area contributed by atoms with Gasteiger partial charge in [-0.3, -0.25) is 4.79 Å². The maximum atomic E-state index is 12.7. The molecule has 0 aliphatic carbocycles. The molecule has 0 atom stereocenters. The number of ether oxygens (including phenoxy) is 1. The van der Waals surface area contributed by atoms with Gasteiger partial charge < -0.3 is 10.1 Å². The first-order chi connectivity index (χ1) is 13.3. The molecule has 0 fully saturated rings. The van der Waals surface area contributed by atoms with Crippen molar-refractivity contribution in [2.45, 2.75) is 12.8 Å². The van der Waals surface area contributed by atoms with Crippen LogP contribution in [0.25, 0.3) is 0 Å². The summed E-state index contributed by atoms with van der Waals surface area (Å²) >= 11 is 5.88. The van der Waals surface area contributed by atoms with Crippen molar-refractivity contribution in [3.8, 4) is 5.75 Å². The Morgan fingerprint density at radius 2 is 1.71 bits per heavy atom. The molecule has 1 N–H and O–H groups in total. The van der Waals surface area contributed by atoms with E-state index in [1.165, 1.54) is 6.07 Å². The number of carbonyl (C=O) groups excluding carboxylic acids is 1. The van der Waals surface area contributed by atoms with Crippen molar-refractivity contribution in [1.29, 1.82) is 0 Å². The van der Waals surface area contributed by atoms with E-state index in [0.717, 1.165) is 12.1 Å². The van der Waals surface area contributed by atoms with Crippen LogP contribution in [-0.4, -0.2) is 5.91 Å². The molecular formula is C21H15ClF3NO2. The second-order valence-electron chi connectivity index (χ2n) is 5.95. The second kappa shape index (κ2) is 8.35. The normalized spacial score (nSPS) is 11.1. The van der Waals surface area contributed by atoms with Crippen molar-refractivity contribution in [1.82, 2.24) is 0 Å². The summed E-state index contributed by atoms with van der Waals surface area (Å²) in [6.07, 6.45) is -4.47. The maximum absolute atomic E-state index is 12.7. The lowest BCUT2D eigenvalue weighted by Gasteiger charge is -2.12. The number of rotatable bonds is 5. The molecule has 0 aliphatic rings. The first-order valence-electron chi connectivity index (χ1n) is 8.28. The van der Waals surface area contributed by atoms with Gasteiger partial charge in [-0.1, -0.05) is 41.9 Å². The molecule has 0 bridgehead atoms. The van der Waals surface area contributed by atoms with Gasteiger partial charge in [0, 0.05) is 11.3 Å². The zero-order chi connectivity index (χ0) is 20.1. The van der Waals surface area contributed by atoms with Crippen LogP contribution in [0.15, 0.2) is 72.8 Å². The number of hydrogen-bond acceptors (Lipinski definition) is 2. The fourth-order valence-electron chi connectivity index (χ4n) is 2.48. The fourth-order valence-corrected chi connectivity index (χ4v) is 2.72. The topological polar surface area (TPSA) is 38.3 Å². The number of alkyl halides is 3. The third kappa shape index (κ3) is 5.04. The van der Waals surface area contributed by atoms with E-state index >= 15 is 0 Å². The first-order valence-corrected chi connectivity index (χ1v) is 8.65. The van der Waals surface area contributed by atoms with Crippen LogP contribution in [0.2, 0.25) is 5.02 Å². The van der Waals surface area contributed by atoms with E-state index in [2.05, 4.69) is 5.32 Å². The van der Waals surface area contributed by atoms with Crippen molar-refractivity contribution < 1.29 is 22.7 Å². The summed E-state index contributed by atoms with van der Waals surface area (Å²) < 4.78 is 43.6. The summed E-state index contributed by atoms with van der Waals surface area (Å²) in [5, 5.41) is 2.65. The number of hydrogen-bond donors (Lipinski definition) is 1. The minimum Gasteiger partial charge on any atom is -0.487 e. The van der Waals surface area contributed by atoms with Crippen LogP contribution in [0.4, 0.5) is 18.9 Å². The molecular weight excluding hydrogens is 391 g/mol. The van der Waals surface area contributed by atoms with Crippen molar-refractivity contribution in [2.75, 3.05) is 5.32 Å². The van der Waals surface area contributed by atoms with E-state index in [9.17, 15) is 18.0 Å². The summed E-state index contributed by atoms with van der Waals surface area (Å²) in [6.45, 7) is 0.0531. The van der Waals surface area contributed by atoms with E-state index in [1.807, 2.05) is 18.2 Å². The van der Waals surface area contributed by atoms with Crippen LogP contribution in [-0.2, 0) is 12.8 Å². The monoisotopic (exact) mass is 405 g/mol. The Morgan fingerprint density at radius 1 is 0.964 bits per heavy atom. The third-order valence-electron chi connectivity index (χ3n) is 3.87. The molecule has 144 valence electrons. The Labute approximate surface area is 164 Å². The highest BCUT2D eigenvalue weighted by molar-refractivity contribution is 6.32. The van der Waals surface area contributed by atoms with Gasteiger partial charge in [0.1, 0.15) is 12.4 Å². The summed E-state index contributed by atoms with van der Waals surface area (Å²) in [4.78, 5) is 12.3. The van der Waals surface area contributed by atoms with Gasteiger partial charge in [-0.2, -0.15) is 13.2 Å². The maximum Gasteiger partial charge on any atom is 0.416 e. The Bertz CT molecular complexity index is 975. The van der Waals surface area contributed by atoms with Gasteiger partial charge in [0.05, 0.1) is 10.6 Å². The zero-order valence-corrected chi connectivity index (χ0v) is 15.2. The van der Waals surface area contributed by atoms with Crippen LogP contribution in [0.5, 0.6) is 5.75 Å². The molecule has 0 radical (unpaired) electrons. The molecule has 0 saturated carbocycles. The first kappa shape index (κ1) is 19.8. The second-order valence-corrected chi connectivity index (χ2v) is 6.36. The molecule has 0 heterocycles. The number of amides is 1. The van der Waals surface area contributed by atoms with Gasteiger partial charge >= 0.3 is 6.18 Å². The Kier molecular flexibility index (Phi) is 5.90. The molecule has 0 aliphatic heterocycles. The summed E-state index contributed by atoms with van der Waals surface area (Å²) in [6, 6.07) is 18.7. The fraction of sp³-hybridized carbons (Fsp3) is 0.0952. The summed E-state index contributed by atoms with van der Waals surface area (Å²) in [5.41, 5.74) is 0.940. The lowest BCUT2D eigenvalue weighted by atomic mass is 10.1. The van der Waals surface area contributed by atoms with Crippen LogP contribution >= 0.6 is 11.6 Å².